The van der Waals surface area contributed by atoms with Gasteiger partial charge in [-0.2, -0.15) is 0 Å². The molecule has 1 unspecified atom stereocenters. The van der Waals surface area contributed by atoms with Gasteiger partial charge in [0.2, 0.25) is 0 Å². The number of guanidine groups is 1. The van der Waals surface area contributed by atoms with Crippen LogP contribution < -0.4 is 20.3 Å². The number of nitrogens with zero attached hydrogens (tertiary/aromatic N) is 2. The van der Waals surface area contributed by atoms with Gasteiger partial charge in [-0.25, -0.2) is 0 Å². The van der Waals surface area contributed by atoms with Crippen LogP contribution in [0.15, 0.2) is 53.5 Å². The Hall–Kier alpha value is -1.96. The number of aliphatic imine (C=N–C) groups is 1. The van der Waals surface area contributed by atoms with E-state index in [1.165, 1.54) is 11.1 Å². The van der Waals surface area contributed by atoms with Crippen molar-refractivity contribution < 1.29 is 4.74 Å². The van der Waals surface area contributed by atoms with Crippen molar-refractivity contribution in [1.82, 2.24) is 10.6 Å². The Labute approximate surface area is 185 Å². The summed E-state index contributed by atoms with van der Waals surface area (Å²) >= 11 is 0. The molecule has 3 rings (SSSR count). The number of anilines is 1. The zero-order valence-corrected chi connectivity index (χ0v) is 19.3. The summed E-state index contributed by atoms with van der Waals surface area (Å²) in [7, 11) is 3.56. The summed E-state index contributed by atoms with van der Waals surface area (Å²) in [5, 5.41) is 7.00. The van der Waals surface area contributed by atoms with Crippen molar-refractivity contribution in [2.75, 3.05) is 38.7 Å². The Bertz CT molecular complexity index is 781. The predicted molar refractivity (Wildman–Crippen MR) is 128 cm³/mol. The molecule has 0 spiro atoms. The van der Waals surface area contributed by atoms with Gasteiger partial charge >= 0.3 is 0 Å². The van der Waals surface area contributed by atoms with Crippen LogP contribution in [0.2, 0.25) is 0 Å². The number of halogens is 1. The largest absolute Gasteiger partial charge is 0.495 e. The second-order valence-corrected chi connectivity index (χ2v) is 6.92. The third-order valence-electron chi connectivity index (χ3n) is 5.13. The lowest BCUT2D eigenvalue weighted by atomic mass is 10.1. The Morgan fingerprint density at radius 1 is 1.18 bits per heavy atom. The Morgan fingerprint density at radius 2 is 1.93 bits per heavy atom. The van der Waals surface area contributed by atoms with E-state index in [4.69, 9.17) is 4.74 Å². The number of ether oxygens (including phenoxy) is 1. The average Bonchev–Trinajstić information content (AvgIpc) is 3.17. The topological polar surface area (TPSA) is 48.9 Å². The van der Waals surface area contributed by atoms with E-state index in [9.17, 15) is 0 Å². The lowest BCUT2D eigenvalue weighted by Gasteiger charge is -2.22. The van der Waals surface area contributed by atoms with Crippen LogP contribution in [0.25, 0.3) is 0 Å². The third kappa shape index (κ3) is 5.77. The highest BCUT2D eigenvalue weighted by Crippen LogP contribution is 2.30. The van der Waals surface area contributed by atoms with Crippen molar-refractivity contribution in [2.45, 2.75) is 25.8 Å². The van der Waals surface area contributed by atoms with Crippen LogP contribution >= 0.6 is 24.0 Å². The van der Waals surface area contributed by atoms with Crippen molar-refractivity contribution in [3.8, 4) is 5.75 Å². The SMILES string of the molecule is CN=C(NCCc1ccccc1C)NC1CCN(c2ccccc2OC)C1.I. The van der Waals surface area contributed by atoms with E-state index in [0.29, 0.717) is 6.04 Å². The molecule has 2 aromatic carbocycles. The number of para-hydroxylation sites is 2. The molecule has 0 amide bonds. The fourth-order valence-electron chi connectivity index (χ4n) is 3.58. The van der Waals surface area contributed by atoms with Gasteiger partial charge in [0.15, 0.2) is 5.96 Å². The highest BCUT2D eigenvalue weighted by atomic mass is 127. The molecule has 0 radical (unpaired) electrons. The second-order valence-electron chi connectivity index (χ2n) is 6.92. The van der Waals surface area contributed by atoms with Gasteiger partial charge in [-0.15, -0.1) is 24.0 Å². The number of hydrogen-bond acceptors (Lipinski definition) is 3. The van der Waals surface area contributed by atoms with Crippen molar-refractivity contribution in [2.24, 2.45) is 4.99 Å². The molecule has 152 valence electrons. The maximum atomic E-state index is 5.50. The van der Waals surface area contributed by atoms with Crippen LogP contribution in [0.3, 0.4) is 0 Å². The molecule has 0 aliphatic carbocycles. The summed E-state index contributed by atoms with van der Waals surface area (Å²) in [6.45, 7) is 4.98. The van der Waals surface area contributed by atoms with E-state index >= 15 is 0 Å². The number of hydrogen-bond donors (Lipinski definition) is 2. The Balaban J connectivity index is 0.00000280. The summed E-state index contributed by atoms with van der Waals surface area (Å²) in [6.07, 6.45) is 2.07. The predicted octanol–water partition coefficient (Wildman–Crippen LogP) is 3.61. The normalized spacial score (nSPS) is 16.5. The zero-order valence-electron chi connectivity index (χ0n) is 16.9. The minimum Gasteiger partial charge on any atom is -0.495 e. The number of benzene rings is 2. The molecule has 5 nitrogen and oxygen atoms in total. The van der Waals surface area contributed by atoms with Crippen molar-refractivity contribution in [3.63, 3.8) is 0 Å². The number of nitrogens with one attached hydrogen (secondary N) is 2. The molecule has 2 N–H and O–H groups in total. The van der Waals surface area contributed by atoms with Crippen LogP contribution in [-0.2, 0) is 6.42 Å². The molecule has 0 aromatic heterocycles. The third-order valence-corrected chi connectivity index (χ3v) is 5.13. The van der Waals surface area contributed by atoms with E-state index in [1.807, 2.05) is 19.2 Å². The summed E-state index contributed by atoms with van der Waals surface area (Å²) < 4.78 is 5.50. The number of aryl methyl sites for hydroxylation is 1. The molecule has 1 saturated heterocycles. The van der Waals surface area contributed by atoms with Crippen LogP contribution in [0.1, 0.15) is 17.5 Å². The fourth-order valence-corrected chi connectivity index (χ4v) is 3.58. The quantitative estimate of drug-likeness (QED) is 0.366. The molecule has 6 heteroatoms. The first-order valence-corrected chi connectivity index (χ1v) is 9.61. The maximum Gasteiger partial charge on any atom is 0.191 e. The van der Waals surface area contributed by atoms with E-state index in [0.717, 1.165) is 49.9 Å². The second kappa shape index (κ2) is 11.1. The highest BCUT2D eigenvalue weighted by Gasteiger charge is 2.25. The summed E-state index contributed by atoms with van der Waals surface area (Å²) in [6, 6.07) is 17.1. The first kappa shape index (κ1) is 22.3. The Kier molecular flexibility index (Phi) is 8.89. The van der Waals surface area contributed by atoms with E-state index in [-0.39, 0.29) is 24.0 Å². The summed E-state index contributed by atoms with van der Waals surface area (Å²) in [5.74, 6) is 1.80. The number of methoxy groups -OCH3 is 1. The van der Waals surface area contributed by atoms with Crippen LogP contribution in [0, 0.1) is 6.92 Å². The molecule has 1 heterocycles. The van der Waals surface area contributed by atoms with Crippen LogP contribution in [0.4, 0.5) is 5.69 Å². The molecule has 1 fully saturated rings. The molecule has 1 aliphatic rings. The van der Waals surface area contributed by atoms with Gasteiger partial charge in [0.25, 0.3) is 0 Å². The van der Waals surface area contributed by atoms with Gasteiger partial charge in [-0.3, -0.25) is 4.99 Å². The van der Waals surface area contributed by atoms with Gasteiger partial charge in [-0.1, -0.05) is 36.4 Å². The minimum atomic E-state index is 0. The molecular formula is C22H31IN4O. The van der Waals surface area contributed by atoms with E-state index < -0.39 is 0 Å². The fraction of sp³-hybridized carbons (Fsp3) is 0.409. The van der Waals surface area contributed by atoms with Gasteiger partial charge in [0.1, 0.15) is 5.75 Å². The van der Waals surface area contributed by atoms with Gasteiger partial charge in [0, 0.05) is 32.7 Å². The smallest absolute Gasteiger partial charge is 0.191 e. The summed E-state index contributed by atoms with van der Waals surface area (Å²) in [4.78, 5) is 6.76. The van der Waals surface area contributed by atoms with Crippen LogP contribution in [-0.4, -0.2) is 45.8 Å². The molecule has 0 bridgehead atoms. The standard InChI is InChI=1S/C22H30N4O.HI/c1-17-8-4-5-9-18(17)12-14-24-22(23-2)25-19-13-15-26(16-19)20-10-6-7-11-21(20)27-3;/h4-11,19H,12-16H2,1-3H3,(H2,23,24,25);1H. The lowest BCUT2D eigenvalue weighted by molar-refractivity contribution is 0.415. The van der Waals surface area contributed by atoms with Crippen molar-refractivity contribution >= 4 is 35.6 Å². The van der Waals surface area contributed by atoms with Gasteiger partial charge in [0.05, 0.1) is 12.8 Å². The van der Waals surface area contributed by atoms with Crippen LogP contribution in [0.5, 0.6) is 5.75 Å². The average molecular weight is 494 g/mol. The molecule has 1 atom stereocenters. The van der Waals surface area contributed by atoms with Crippen molar-refractivity contribution in [1.29, 1.82) is 0 Å². The molecule has 1 aliphatic heterocycles. The first-order chi connectivity index (χ1) is 13.2. The molecular weight excluding hydrogens is 463 g/mol. The zero-order chi connectivity index (χ0) is 19.1. The molecule has 2 aromatic rings. The first-order valence-electron chi connectivity index (χ1n) is 9.61. The lowest BCUT2D eigenvalue weighted by Crippen LogP contribution is -2.45. The van der Waals surface area contributed by atoms with Gasteiger partial charge in [-0.05, 0) is 43.0 Å². The van der Waals surface area contributed by atoms with E-state index in [1.54, 1.807) is 7.11 Å². The molecule has 28 heavy (non-hydrogen) atoms. The molecule has 0 saturated carbocycles. The van der Waals surface area contributed by atoms with Crippen molar-refractivity contribution in [3.05, 3.63) is 59.7 Å². The summed E-state index contributed by atoms with van der Waals surface area (Å²) in [5.41, 5.74) is 3.88. The van der Waals surface area contributed by atoms with E-state index in [2.05, 4.69) is 63.8 Å². The Morgan fingerprint density at radius 3 is 2.68 bits per heavy atom. The highest BCUT2D eigenvalue weighted by molar-refractivity contribution is 14.0. The number of rotatable bonds is 6. The monoisotopic (exact) mass is 494 g/mol. The maximum absolute atomic E-state index is 5.50. The minimum absolute atomic E-state index is 0. The van der Waals surface area contributed by atoms with Gasteiger partial charge < -0.3 is 20.3 Å².